The number of imidazole rings is 1. The van der Waals surface area contributed by atoms with Crippen molar-refractivity contribution in [2.24, 2.45) is 5.92 Å². The molecule has 0 bridgehead atoms. The summed E-state index contributed by atoms with van der Waals surface area (Å²) in [4.78, 5) is 12.1. The molecule has 3 atom stereocenters. The first-order valence-corrected chi connectivity index (χ1v) is 13.7. The number of rotatable bonds is 6. The molecule has 7 rings (SSSR count). The Hall–Kier alpha value is -3.28. The average Bonchev–Trinajstić information content (AvgIpc) is 3.20. The largest absolute Gasteiger partial charge is 0.488 e. The molecule has 2 N–H and O–H groups in total. The van der Waals surface area contributed by atoms with Crippen LogP contribution in [-0.4, -0.2) is 53.7 Å². The standard InChI is InChI=1S/C26H28N6O4S/c1-15-22(16(2)36-29-15)18-6-7-20-23-24(18)35-14-21(19-5-3-4-11-27-19)32(23)25(28-20)31-12-8-17(13-31)26(9-10-26)30-37(33)34/h3-7,11,17,21,30H,8-10,12-14H2,1-2H3,(H,33,34)/t17-,21-/m1/s1. The molecule has 192 valence electrons. The summed E-state index contributed by atoms with van der Waals surface area (Å²) in [6.45, 7) is 5.89. The number of ether oxygens (including phenoxy) is 1. The van der Waals surface area contributed by atoms with Crippen molar-refractivity contribution in [1.82, 2.24) is 24.4 Å². The van der Waals surface area contributed by atoms with Gasteiger partial charge in [-0.15, -0.1) is 0 Å². The zero-order chi connectivity index (χ0) is 25.3. The van der Waals surface area contributed by atoms with E-state index in [9.17, 15) is 8.76 Å². The molecule has 37 heavy (non-hydrogen) atoms. The van der Waals surface area contributed by atoms with Gasteiger partial charge in [-0.3, -0.25) is 14.1 Å². The topological polar surface area (TPSA) is 119 Å². The molecular formula is C26H28N6O4S. The van der Waals surface area contributed by atoms with Crippen LogP contribution in [0.2, 0.25) is 0 Å². The van der Waals surface area contributed by atoms with Crippen LogP contribution in [0.1, 0.15) is 42.5 Å². The molecule has 3 aromatic heterocycles. The number of nitrogens with zero attached hydrogens (tertiary/aromatic N) is 5. The van der Waals surface area contributed by atoms with Gasteiger partial charge in [0.05, 0.1) is 22.5 Å². The molecule has 1 aromatic carbocycles. The number of benzene rings is 1. The van der Waals surface area contributed by atoms with Gasteiger partial charge < -0.3 is 14.2 Å². The van der Waals surface area contributed by atoms with Gasteiger partial charge in [0, 0.05) is 30.4 Å². The highest BCUT2D eigenvalue weighted by Gasteiger charge is 2.52. The number of hydrogen-bond acceptors (Lipinski definition) is 7. The normalized spacial score (nSPS) is 22.8. The first-order chi connectivity index (χ1) is 17.9. The highest BCUT2D eigenvalue weighted by Crippen LogP contribution is 2.49. The summed E-state index contributed by atoms with van der Waals surface area (Å²) in [6.07, 6.45) is 4.59. The Morgan fingerprint density at radius 2 is 2.08 bits per heavy atom. The molecule has 1 aliphatic carbocycles. The maximum absolute atomic E-state index is 11.5. The summed E-state index contributed by atoms with van der Waals surface area (Å²) in [5.41, 5.74) is 5.18. The van der Waals surface area contributed by atoms with Crippen LogP contribution >= 0.6 is 0 Å². The second kappa shape index (κ2) is 8.37. The van der Waals surface area contributed by atoms with E-state index in [0.717, 1.165) is 83.4 Å². The van der Waals surface area contributed by atoms with Crippen LogP contribution < -0.4 is 14.4 Å². The van der Waals surface area contributed by atoms with Gasteiger partial charge in [0.15, 0.2) is 5.75 Å². The molecule has 1 unspecified atom stereocenters. The van der Waals surface area contributed by atoms with Crippen molar-refractivity contribution in [3.05, 3.63) is 53.7 Å². The molecule has 10 nitrogen and oxygen atoms in total. The van der Waals surface area contributed by atoms with Gasteiger partial charge >= 0.3 is 0 Å². The first kappa shape index (κ1) is 22.9. The lowest BCUT2D eigenvalue weighted by molar-refractivity contribution is 0.258. The van der Waals surface area contributed by atoms with Crippen molar-refractivity contribution in [2.45, 2.75) is 44.7 Å². The molecule has 0 spiro atoms. The monoisotopic (exact) mass is 520 g/mol. The van der Waals surface area contributed by atoms with Crippen molar-refractivity contribution in [2.75, 3.05) is 24.6 Å². The zero-order valence-electron chi connectivity index (χ0n) is 20.7. The van der Waals surface area contributed by atoms with Crippen molar-refractivity contribution in [3.63, 3.8) is 0 Å². The van der Waals surface area contributed by atoms with Crippen LogP contribution in [0.3, 0.4) is 0 Å². The molecule has 0 radical (unpaired) electrons. The van der Waals surface area contributed by atoms with E-state index in [1.165, 1.54) is 0 Å². The molecule has 1 saturated carbocycles. The van der Waals surface area contributed by atoms with Gasteiger partial charge in [-0.2, -0.15) is 0 Å². The Bertz CT molecular complexity index is 1510. The van der Waals surface area contributed by atoms with E-state index in [4.69, 9.17) is 14.2 Å². The minimum absolute atomic E-state index is 0.134. The number of pyridine rings is 1. The van der Waals surface area contributed by atoms with Crippen LogP contribution in [0.4, 0.5) is 5.95 Å². The second-order valence-corrected chi connectivity index (χ2v) is 11.0. The Morgan fingerprint density at radius 3 is 2.78 bits per heavy atom. The zero-order valence-corrected chi connectivity index (χ0v) is 21.5. The predicted octanol–water partition coefficient (Wildman–Crippen LogP) is 3.77. The molecule has 4 aromatic rings. The number of nitrogens with one attached hydrogen (secondary N) is 1. The van der Waals surface area contributed by atoms with Crippen molar-refractivity contribution in [3.8, 4) is 16.9 Å². The maximum atomic E-state index is 11.5. The molecule has 2 aliphatic heterocycles. The fourth-order valence-corrected chi connectivity index (χ4v) is 6.92. The smallest absolute Gasteiger partial charge is 0.232 e. The fourth-order valence-electron chi connectivity index (χ4n) is 6.20. The van der Waals surface area contributed by atoms with E-state index in [0.29, 0.717) is 6.61 Å². The maximum Gasteiger partial charge on any atom is 0.232 e. The molecule has 11 heteroatoms. The molecule has 2 fully saturated rings. The minimum Gasteiger partial charge on any atom is -0.488 e. The highest BCUT2D eigenvalue weighted by molar-refractivity contribution is 7.77. The Labute approximate surface area is 216 Å². The van der Waals surface area contributed by atoms with Gasteiger partial charge in [-0.25, -0.2) is 13.9 Å². The number of aromatic nitrogens is 4. The molecule has 1 saturated heterocycles. The van der Waals surface area contributed by atoms with Crippen molar-refractivity contribution in [1.29, 1.82) is 0 Å². The number of anilines is 1. The lowest BCUT2D eigenvalue weighted by Gasteiger charge is -2.30. The van der Waals surface area contributed by atoms with Crippen LogP contribution in [0.15, 0.2) is 41.1 Å². The van der Waals surface area contributed by atoms with Crippen LogP contribution in [-0.2, 0) is 11.3 Å². The van der Waals surface area contributed by atoms with E-state index in [1.54, 1.807) is 0 Å². The summed E-state index contributed by atoms with van der Waals surface area (Å²) < 4.78 is 38.2. The van der Waals surface area contributed by atoms with Gasteiger partial charge in [0.2, 0.25) is 17.2 Å². The van der Waals surface area contributed by atoms with Crippen LogP contribution in [0.25, 0.3) is 22.2 Å². The van der Waals surface area contributed by atoms with Gasteiger partial charge in [0.1, 0.15) is 23.9 Å². The lowest BCUT2D eigenvalue weighted by Crippen LogP contribution is -2.41. The molecule has 0 amide bonds. The van der Waals surface area contributed by atoms with E-state index >= 15 is 0 Å². The lowest BCUT2D eigenvalue weighted by atomic mass is 9.97. The summed E-state index contributed by atoms with van der Waals surface area (Å²) >= 11 is -2.02. The third-order valence-corrected chi connectivity index (χ3v) is 8.73. The van der Waals surface area contributed by atoms with Crippen LogP contribution in [0.5, 0.6) is 5.75 Å². The van der Waals surface area contributed by atoms with Gasteiger partial charge in [0.25, 0.3) is 0 Å². The third-order valence-electron chi connectivity index (χ3n) is 8.15. The third kappa shape index (κ3) is 3.59. The summed E-state index contributed by atoms with van der Waals surface area (Å²) in [6, 6.07) is 9.88. The second-order valence-electron chi connectivity index (χ2n) is 10.3. The molecule has 5 heterocycles. The van der Waals surface area contributed by atoms with Crippen molar-refractivity contribution >= 4 is 28.2 Å². The summed E-state index contributed by atoms with van der Waals surface area (Å²) in [5, 5.41) is 4.16. The highest BCUT2D eigenvalue weighted by atomic mass is 32.2. The molecular weight excluding hydrogens is 492 g/mol. The van der Waals surface area contributed by atoms with E-state index < -0.39 is 11.3 Å². The Kier molecular flexibility index (Phi) is 5.18. The van der Waals surface area contributed by atoms with E-state index in [-0.39, 0.29) is 17.5 Å². The molecule has 3 aliphatic rings. The Morgan fingerprint density at radius 1 is 1.22 bits per heavy atom. The number of hydrogen-bond donors (Lipinski definition) is 2. The van der Waals surface area contributed by atoms with E-state index in [1.807, 2.05) is 50.4 Å². The average molecular weight is 521 g/mol. The summed E-state index contributed by atoms with van der Waals surface area (Å²) in [7, 11) is 0. The predicted molar refractivity (Wildman–Crippen MR) is 139 cm³/mol. The minimum atomic E-state index is -2.02. The summed E-state index contributed by atoms with van der Waals surface area (Å²) in [5.74, 6) is 2.70. The Balaban J connectivity index is 1.37. The quantitative estimate of drug-likeness (QED) is 0.369. The van der Waals surface area contributed by atoms with Crippen LogP contribution in [0, 0.1) is 19.8 Å². The van der Waals surface area contributed by atoms with Gasteiger partial charge in [-0.1, -0.05) is 11.2 Å². The van der Waals surface area contributed by atoms with Gasteiger partial charge in [-0.05, 0) is 63.3 Å². The van der Waals surface area contributed by atoms with Crippen molar-refractivity contribution < 1.29 is 18.0 Å². The fraction of sp³-hybridized carbons (Fsp3) is 0.423. The number of aryl methyl sites for hydroxylation is 2. The van der Waals surface area contributed by atoms with E-state index in [2.05, 4.69) is 24.3 Å². The first-order valence-electron chi connectivity index (χ1n) is 12.6. The SMILES string of the molecule is Cc1noc(C)c1-c1ccc2nc(N3CC[C@@H](C4(NS(=O)O)CC4)C3)n3c2c1OC[C@@H]3c1ccccn1.